The molecule has 0 saturated carbocycles. The molecule has 0 aliphatic carbocycles. The summed E-state index contributed by atoms with van der Waals surface area (Å²) in [5.41, 5.74) is 0. The fourth-order valence-electron chi connectivity index (χ4n) is 0.265. The second kappa shape index (κ2) is 29.9. The van der Waals surface area contributed by atoms with Gasteiger partial charge in [0.2, 0.25) is 0 Å². The van der Waals surface area contributed by atoms with Crippen LogP contribution >= 0.6 is 0 Å². The summed E-state index contributed by atoms with van der Waals surface area (Å²) in [6.07, 6.45) is 11.9. The Morgan fingerprint density at radius 1 is 1.25 bits per heavy atom. The molecule has 0 aromatic heterocycles. The van der Waals surface area contributed by atoms with Crippen LogP contribution in [-0.4, -0.2) is 0 Å². The fraction of sp³-hybridized carbons (Fsp3) is 0.700. The van der Waals surface area contributed by atoms with Gasteiger partial charge in [-0.3, -0.25) is 0 Å². The zero-order valence-electron chi connectivity index (χ0n) is 8.54. The van der Waals surface area contributed by atoms with Crippen LogP contribution in [0, 0.1) is 19.3 Å². The molecule has 0 spiro atoms. The maximum atomic E-state index is 6.46. The standard InChI is InChI=1S/C6H9.C4H9.Cu.Li/c1-3-5-6-4-2;1-3-4-2;;/h3,5-6H2,1H3;1,3-4H2,2H3;;/q2*-1;2*+1. The summed E-state index contributed by atoms with van der Waals surface area (Å²) in [6.45, 7) is 7.83. The van der Waals surface area contributed by atoms with Crippen LogP contribution < -0.4 is 18.9 Å². The average molecular weight is 209 g/mol. The molecule has 0 nitrogen and oxygen atoms in total. The van der Waals surface area contributed by atoms with Crippen molar-refractivity contribution in [2.75, 3.05) is 0 Å². The summed E-state index contributed by atoms with van der Waals surface area (Å²) in [5, 5.41) is 0. The summed E-state index contributed by atoms with van der Waals surface area (Å²) in [5.74, 6) is 2.32. The van der Waals surface area contributed by atoms with Crippen molar-refractivity contribution in [1.29, 1.82) is 0 Å². The molecule has 0 rings (SSSR count). The monoisotopic (exact) mass is 208 g/mol. The third-order valence-corrected chi connectivity index (χ3v) is 1.01. The number of hydrogen-bond acceptors (Lipinski definition) is 0. The molecule has 0 aromatic rings. The normalized spacial score (nSPS) is 6.17. The van der Waals surface area contributed by atoms with E-state index >= 15 is 0 Å². The van der Waals surface area contributed by atoms with Crippen molar-refractivity contribution in [2.45, 2.75) is 46.0 Å². The Labute approximate surface area is 101 Å². The summed E-state index contributed by atoms with van der Waals surface area (Å²) in [4.78, 5) is 0. The summed E-state index contributed by atoms with van der Waals surface area (Å²) in [7, 11) is 0. The molecular weight excluding hydrogens is 191 g/mol. The van der Waals surface area contributed by atoms with E-state index in [1.807, 2.05) is 0 Å². The van der Waals surface area contributed by atoms with Gasteiger partial charge in [0.05, 0.1) is 0 Å². The van der Waals surface area contributed by atoms with Crippen molar-refractivity contribution in [2.24, 2.45) is 0 Å². The molecule has 2 heteroatoms. The Balaban J connectivity index is -0.0000000483. The molecule has 0 saturated heterocycles. The van der Waals surface area contributed by atoms with Gasteiger partial charge in [-0.05, 0) is 12.8 Å². The first-order valence-electron chi connectivity index (χ1n) is 4.02. The SMILES string of the molecule is [C-]#CCCCC.[CH2-]CCC.[Cu+].[Li+]. The van der Waals surface area contributed by atoms with Gasteiger partial charge in [-0.1, -0.05) is 26.7 Å². The molecule has 0 aliphatic heterocycles. The van der Waals surface area contributed by atoms with Gasteiger partial charge in [0.1, 0.15) is 0 Å². The van der Waals surface area contributed by atoms with E-state index < -0.39 is 0 Å². The molecule has 0 aliphatic rings. The van der Waals surface area contributed by atoms with E-state index in [1.54, 1.807) is 0 Å². The Morgan fingerprint density at radius 2 is 1.67 bits per heavy atom. The molecule has 70 valence electrons. The zero-order valence-corrected chi connectivity index (χ0v) is 9.49. The smallest absolute Gasteiger partial charge is 0.694 e. The van der Waals surface area contributed by atoms with Crippen LogP contribution in [0.25, 0.3) is 0 Å². The second-order valence-electron chi connectivity index (χ2n) is 2.13. The minimum Gasteiger partial charge on any atom is -0.694 e. The number of unbranched alkanes of at least 4 members (excludes halogenated alkanes) is 3. The van der Waals surface area contributed by atoms with Gasteiger partial charge in [0.25, 0.3) is 0 Å². The molecule has 12 heavy (non-hydrogen) atoms. The van der Waals surface area contributed by atoms with Crippen molar-refractivity contribution in [3.63, 3.8) is 0 Å². The van der Waals surface area contributed by atoms with Crippen molar-refractivity contribution < 1.29 is 35.9 Å². The van der Waals surface area contributed by atoms with E-state index in [9.17, 15) is 0 Å². The largest absolute Gasteiger partial charge is 1.00 e. The topological polar surface area (TPSA) is 0 Å². The van der Waals surface area contributed by atoms with Crippen molar-refractivity contribution in [3.05, 3.63) is 13.3 Å². The van der Waals surface area contributed by atoms with E-state index in [-0.39, 0.29) is 35.9 Å². The van der Waals surface area contributed by atoms with Crippen LogP contribution in [0.3, 0.4) is 0 Å². The predicted molar refractivity (Wildman–Crippen MR) is 46.9 cm³/mol. The summed E-state index contributed by atoms with van der Waals surface area (Å²) < 4.78 is 0. The molecule has 0 N–H and O–H groups in total. The molecule has 0 bridgehead atoms. The number of rotatable bonds is 3. The van der Waals surface area contributed by atoms with Gasteiger partial charge in [-0.15, -0.1) is 0 Å². The molecular formula is C10H18CuLi. The van der Waals surface area contributed by atoms with Gasteiger partial charge in [0.15, 0.2) is 0 Å². The fourth-order valence-corrected chi connectivity index (χ4v) is 0.265. The van der Waals surface area contributed by atoms with Crippen molar-refractivity contribution >= 4 is 0 Å². The molecule has 0 aromatic carbocycles. The van der Waals surface area contributed by atoms with Crippen LogP contribution in [0.1, 0.15) is 46.0 Å². The first kappa shape index (κ1) is 23.0. The van der Waals surface area contributed by atoms with Crippen molar-refractivity contribution in [1.82, 2.24) is 0 Å². The first-order valence-corrected chi connectivity index (χ1v) is 4.02. The van der Waals surface area contributed by atoms with Gasteiger partial charge in [-0.25, -0.2) is 0 Å². The van der Waals surface area contributed by atoms with Gasteiger partial charge in [-0.2, -0.15) is 6.42 Å². The number of hydrogen-bond donors (Lipinski definition) is 0. The maximum absolute atomic E-state index is 6.46. The third-order valence-electron chi connectivity index (χ3n) is 1.01. The molecule has 0 radical (unpaired) electrons. The summed E-state index contributed by atoms with van der Waals surface area (Å²) in [6, 6.07) is 0. The Morgan fingerprint density at radius 3 is 1.75 bits per heavy atom. The third kappa shape index (κ3) is 45.7. The Hall–Kier alpha value is 0.677. The van der Waals surface area contributed by atoms with E-state index in [4.69, 9.17) is 6.42 Å². The Bertz CT molecular complexity index is 74.4. The van der Waals surface area contributed by atoms with E-state index in [0.29, 0.717) is 0 Å². The quantitative estimate of drug-likeness (QED) is 0.273. The van der Waals surface area contributed by atoms with Crippen molar-refractivity contribution in [3.8, 4) is 5.92 Å². The molecule has 0 heterocycles. The minimum absolute atomic E-state index is 0. The predicted octanol–water partition coefficient (Wildman–Crippen LogP) is 0.388. The van der Waals surface area contributed by atoms with E-state index in [2.05, 4.69) is 26.7 Å². The van der Waals surface area contributed by atoms with Gasteiger partial charge < -0.3 is 19.3 Å². The van der Waals surface area contributed by atoms with E-state index in [0.717, 1.165) is 19.3 Å². The maximum Gasteiger partial charge on any atom is 1.00 e. The first-order chi connectivity index (χ1) is 4.83. The van der Waals surface area contributed by atoms with Crippen LogP contribution in [-0.2, 0) is 17.1 Å². The van der Waals surface area contributed by atoms with Gasteiger partial charge >= 0.3 is 35.9 Å². The minimum atomic E-state index is 0. The van der Waals surface area contributed by atoms with Crippen LogP contribution in [0.4, 0.5) is 0 Å². The Kier molecular flexibility index (Phi) is 57.1. The zero-order chi connectivity index (χ0) is 8.24. The second-order valence-corrected chi connectivity index (χ2v) is 2.13. The molecule has 0 unspecified atom stereocenters. The molecule has 0 amide bonds. The average Bonchev–Trinajstić information content (AvgIpc) is 2.01. The molecule has 0 fully saturated rings. The molecule has 0 atom stereocenters. The van der Waals surface area contributed by atoms with Crippen LogP contribution in [0.15, 0.2) is 0 Å². The van der Waals surface area contributed by atoms with E-state index in [1.165, 1.54) is 12.8 Å². The van der Waals surface area contributed by atoms with Crippen LogP contribution in [0.5, 0.6) is 0 Å². The van der Waals surface area contributed by atoms with Gasteiger partial charge in [0, 0.05) is 0 Å². The summed E-state index contributed by atoms with van der Waals surface area (Å²) >= 11 is 0. The van der Waals surface area contributed by atoms with Crippen LogP contribution in [0.2, 0.25) is 0 Å².